The van der Waals surface area contributed by atoms with E-state index in [4.69, 9.17) is 11.6 Å². The zero-order chi connectivity index (χ0) is 39.7. The predicted octanol–water partition coefficient (Wildman–Crippen LogP) is 6.87. The Hall–Kier alpha value is -5.08. The number of alkyl halides is 3. The summed E-state index contributed by atoms with van der Waals surface area (Å²) in [6.45, 7) is 2.58. The molecular formula is C41H44ClF3N6O5. The van der Waals surface area contributed by atoms with Crippen molar-refractivity contribution in [2.24, 2.45) is 7.05 Å². The second-order valence-electron chi connectivity index (χ2n) is 14.9. The van der Waals surface area contributed by atoms with Crippen LogP contribution < -0.4 is 20.9 Å². The lowest BCUT2D eigenvalue weighted by atomic mass is 9.89. The molecule has 0 aliphatic carbocycles. The van der Waals surface area contributed by atoms with Gasteiger partial charge in [0.15, 0.2) is 0 Å². The SMILES string of the molecule is CN(C(=O)N1CCC(c2ccc(NC3CCC(=O)NC3=O)cc2Cl)CC1)C1CCN(Cc2ccc(-c3cn(C)c(=O)c4ccccc34)cc2OC(F)(F)F)CC1. The number of piperidine rings is 3. The fraction of sp³-hybridized carbons (Fsp3) is 0.415. The lowest BCUT2D eigenvalue weighted by molar-refractivity contribution is -0.275. The number of fused-ring (bicyclic) bond motifs is 1. The van der Waals surface area contributed by atoms with Gasteiger partial charge in [0, 0.05) is 92.7 Å². The van der Waals surface area contributed by atoms with Gasteiger partial charge in [-0.3, -0.25) is 24.6 Å². The highest BCUT2D eigenvalue weighted by Gasteiger charge is 2.34. The number of carbonyl (C=O) groups is 3. The first-order valence-corrected chi connectivity index (χ1v) is 19.2. The van der Waals surface area contributed by atoms with Crippen LogP contribution >= 0.6 is 11.6 Å². The molecule has 0 saturated carbocycles. The first kappa shape index (κ1) is 39.2. The van der Waals surface area contributed by atoms with Crippen molar-refractivity contribution in [3.8, 4) is 16.9 Å². The minimum Gasteiger partial charge on any atom is -0.405 e. The van der Waals surface area contributed by atoms with Crippen molar-refractivity contribution in [1.82, 2.24) is 24.6 Å². The molecule has 2 N–H and O–H groups in total. The average Bonchev–Trinajstić information content (AvgIpc) is 3.17. The van der Waals surface area contributed by atoms with E-state index in [-0.39, 0.29) is 54.1 Å². The third-order valence-electron chi connectivity index (χ3n) is 11.3. The largest absolute Gasteiger partial charge is 0.573 e. The van der Waals surface area contributed by atoms with Gasteiger partial charge >= 0.3 is 12.4 Å². The van der Waals surface area contributed by atoms with Crippen molar-refractivity contribution < 1.29 is 32.3 Å². The third-order valence-corrected chi connectivity index (χ3v) is 11.6. The number of aryl methyl sites for hydroxylation is 1. The van der Waals surface area contributed by atoms with E-state index < -0.39 is 12.4 Å². The normalized spacial score (nSPS) is 18.9. The summed E-state index contributed by atoms with van der Waals surface area (Å²) < 4.78 is 46.9. The zero-order valence-electron chi connectivity index (χ0n) is 31.2. The van der Waals surface area contributed by atoms with Gasteiger partial charge in [-0.1, -0.05) is 48.0 Å². The molecule has 3 aliphatic rings. The van der Waals surface area contributed by atoms with E-state index in [1.165, 1.54) is 10.6 Å². The molecule has 0 spiro atoms. The van der Waals surface area contributed by atoms with Crippen LogP contribution in [-0.2, 0) is 23.2 Å². The number of carbonyl (C=O) groups excluding carboxylic acids is 3. The molecule has 4 aromatic rings. The molecule has 7 rings (SSSR count). The van der Waals surface area contributed by atoms with Crippen molar-refractivity contribution in [3.05, 3.63) is 93.4 Å². The van der Waals surface area contributed by atoms with Gasteiger partial charge in [0.2, 0.25) is 11.8 Å². The number of rotatable bonds is 8. The number of likely N-dealkylation sites (tertiary alicyclic amines) is 2. The number of nitrogens with one attached hydrogen (secondary N) is 2. The number of hydrogen-bond donors (Lipinski definition) is 2. The highest BCUT2D eigenvalue weighted by atomic mass is 35.5. The monoisotopic (exact) mass is 792 g/mol. The van der Waals surface area contributed by atoms with E-state index in [1.807, 2.05) is 24.1 Å². The molecule has 0 radical (unpaired) electrons. The number of halogens is 4. The van der Waals surface area contributed by atoms with Gasteiger partial charge in [0.25, 0.3) is 5.56 Å². The molecule has 1 aromatic heterocycles. The molecule has 11 nitrogen and oxygen atoms in total. The number of anilines is 1. The number of nitrogens with zero attached hydrogens (tertiary/aromatic N) is 4. The maximum absolute atomic E-state index is 13.7. The van der Waals surface area contributed by atoms with Crippen molar-refractivity contribution in [2.45, 2.75) is 69.4 Å². The topological polar surface area (TPSA) is 116 Å². The quantitative estimate of drug-likeness (QED) is 0.187. The van der Waals surface area contributed by atoms with Gasteiger partial charge in [-0.25, -0.2) is 4.79 Å². The molecule has 3 aliphatic heterocycles. The second-order valence-corrected chi connectivity index (χ2v) is 15.3. The fourth-order valence-corrected chi connectivity index (χ4v) is 8.50. The lowest BCUT2D eigenvalue weighted by Crippen LogP contribution is -2.51. The number of amides is 4. The van der Waals surface area contributed by atoms with Gasteiger partial charge in [-0.2, -0.15) is 0 Å². The number of imide groups is 1. The zero-order valence-corrected chi connectivity index (χ0v) is 32.0. The Morgan fingerprint density at radius 1 is 0.946 bits per heavy atom. The maximum Gasteiger partial charge on any atom is 0.573 e. The van der Waals surface area contributed by atoms with Gasteiger partial charge in [-0.15, -0.1) is 13.2 Å². The Bertz CT molecular complexity index is 2200. The van der Waals surface area contributed by atoms with Crippen LogP contribution in [0.25, 0.3) is 21.9 Å². The second kappa shape index (κ2) is 16.2. The summed E-state index contributed by atoms with van der Waals surface area (Å²) in [5.74, 6) is -0.733. The molecule has 0 bridgehead atoms. The number of benzene rings is 3. The standard InChI is InChI=1S/C41H44ClF3N6O5/c1-48-24-33(31-5-3-4-6-32(31)39(48)54)26-7-8-27(36(21-26)56-41(43,44)45)23-50-17-15-29(16-18-50)49(2)40(55)51-19-13-25(14-20-51)30-10-9-28(22-34(30)42)46-35-11-12-37(52)47-38(35)53/h3-10,21-22,24-25,29,35,46H,11-20,23H2,1-2H3,(H,47,52,53). The summed E-state index contributed by atoms with van der Waals surface area (Å²) in [6.07, 6.45) is 0.270. The van der Waals surface area contributed by atoms with Gasteiger partial charge < -0.3 is 24.4 Å². The molecule has 3 aromatic carbocycles. The summed E-state index contributed by atoms with van der Waals surface area (Å²) in [7, 11) is 3.43. The highest BCUT2D eigenvalue weighted by molar-refractivity contribution is 6.31. The molecule has 4 amide bonds. The van der Waals surface area contributed by atoms with E-state index in [0.29, 0.717) is 83.6 Å². The lowest BCUT2D eigenvalue weighted by Gasteiger charge is -2.40. The van der Waals surface area contributed by atoms with Crippen LogP contribution in [0.2, 0.25) is 5.02 Å². The number of hydrogen-bond acceptors (Lipinski definition) is 7. The Morgan fingerprint density at radius 2 is 1.66 bits per heavy atom. The van der Waals surface area contributed by atoms with Crippen molar-refractivity contribution in [3.63, 3.8) is 0 Å². The van der Waals surface area contributed by atoms with E-state index in [0.717, 1.165) is 18.4 Å². The van der Waals surface area contributed by atoms with Crippen molar-refractivity contribution in [1.29, 1.82) is 0 Å². The van der Waals surface area contributed by atoms with Crippen LogP contribution in [0.15, 0.2) is 71.7 Å². The molecular weight excluding hydrogens is 749 g/mol. The summed E-state index contributed by atoms with van der Waals surface area (Å²) in [6, 6.07) is 16.9. The number of ether oxygens (including phenoxy) is 1. The van der Waals surface area contributed by atoms with E-state index in [2.05, 4.69) is 20.3 Å². The maximum atomic E-state index is 13.7. The first-order valence-electron chi connectivity index (χ1n) is 18.8. The Kier molecular flexibility index (Phi) is 11.3. The Morgan fingerprint density at radius 3 is 2.34 bits per heavy atom. The van der Waals surface area contributed by atoms with Crippen LogP contribution in [0.1, 0.15) is 55.6 Å². The number of urea groups is 1. The molecule has 3 fully saturated rings. The first-order chi connectivity index (χ1) is 26.7. The van der Waals surface area contributed by atoms with Crippen LogP contribution in [0, 0.1) is 0 Å². The van der Waals surface area contributed by atoms with Crippen LogP contribution in [-0.4, -0.2) is 88.8 Å². The average molecular weight is 793 g/mol. The molecule has 3 saturated heterocycles. The van der Waals surface area contributed by atoms with Crippen LogP contribution in [0.3, 0.4) is 0 Å². The minimum absolute atomic E-state index is 0.0124. The van der Waals surface area contributed by atoms with Crippen molar-refractivity contribution >= 4 is 45.9 Å². The number of pyridine rings is 1. The van der Waals surface area contributed by atoms with Gasteiger partial charge in [0.05, 0.1) is 0 Å². The van der Waals surface area contributed by atoms with E-state index >= 15 is 0 Å². The molecule has 296 valence electrons. The molecule has 4 heterocycles. The summed E-state index contributed by atoms with van der Waals surface area (Å²) in [5, 5.41) is 7.21. The van der Waals surface area contributed by atoms with Crippen molar-refractivity contribution in [2.75, 3.05) is 38.5 Å². The fourth-order valence-electron chi connectivity index (χ4n) is 8.17. The van der Waals surface area contributed by atoms with Gasteiger partial charge in [-0.05, 0) is 78.8 Å². The Labute approximate surface area is 327 Å². The number of aromatic nitrogens is 1. The van der Waals surface area contributed by atoms with Crippen LogP contribution in [0.5, 0.6) is 5.75 Å². The van der Waals surface area contributed by atoms with E-state index in [9.17, 15) is 32.3 Å². The summed E-state index contributed by atoms with van der Waals surface area (Å²) in [4.78, 5) is 55.7. The third kappa shape index (κ3) is 8.66. The van der Waals surface area contributed by atoms with Crippen LogP contribution in [0.4, 0.5) is 23.7 Å². The summed E-state index contributed by atoms with van der Waals surface area (Å²) >= 11 is 6.70. The molecule has 1 unspecified atom stereocenters. The molecule has 1 atom stereocenters. The Balaban J connectivity index is 0.937. The molecule has 56 heavy (non-hydrogen) atoms. The van der Waals surface area contributed by atoms with Gasteiger partial charge in [0.1, 0.15) is 11.8 Å². The van der Waals surface area contributed by atoms with E-state index in [1.54, 1.807) is 60.6 Å². The highest BCUT2D eigenvalue weighted by Crippen LogP contribution is 2.37. The minimum atomic E-state index is -4.89. The molecule has 15 heteroatoms. The predicted molar refractivity (Wildman–Crippen MR) is 208 cm³/mol. The summed E-state index contributed by atoms with van der Waals surface area (Å²) in [5.41, 5.74) is 3.02. The smallest absolute Gasteiger partial charge is 0.405 e.